The zero-order valence-corrected chi connectivity index (χ0v) is 12.2. The summed E-state index contributed by atoms with van der Waals surface area (Å²) in [7, 11) is -3.91. The molecule has 2 aromatic carbocycles. The number of benzene rings is 2. The second-order valence-electron chi connectivity index (χ2n) is 3.92. The van der Waals surface area contributed by atoms with Gasteiger partial charge in [-0.3, -0.25) is 4.72 Å². The van der Waals surface area contributed by atoms with Crippen molar-refractivity contribution >= 4 is 44.6 Å². The van der Waals surface area contributed by atoms with E-state index >= 15 is 0 Å². The summed E-state index contributed by atoms with van der Waals surface area (Å²) in [5.41, 5.74) is 5.77. The van der Waals surface area contributed by atoms with Gasteiger partial charge in [0, 0.05) is 5.02 Å². The lowest BCUT2D eigenvalue weighted by molar-refractivity contribution is 0.601. The average molecular weight is 335 g/mol. The predicted octanol–water partition coefficient (Wildman–Crippen LogP) is 3.52. The molecule has 0 bridgehead atoms. The van der Waals surface area contributed by atoms with Crippen LogP contribution in [0.4, 0.5) is 15.8 Å². The maximum atomic E-state index is 13.0. The number of sulfonamides is 1. The highest BCUT2D eigenvalue weighted by Gasteiger charge is 2.18. The molecule has 0 radical (unpaired) electrons. The highest BCUT2D eigenvalue weighted by atomic mass is 35.5. The third-order valence-corrected chi connectivity index (χ3v) is 4.41. The van der Waals surface area contributed by atoms with Gasteiger partial charge in [0.1, 0.15) is 10.7 Å². The molecule has 106 valence electrons. The molecule has 20 heavy (non-hydrogen) atoms. The number of rotatable bonds is 3. The van der Waals surface area contributed by atoms with Crippen LogP contribution in [0.5, 0.6) is 0 Å². The summed E-state index contributed by atoms with van der Waals surface area (Å²) in [5, 5.41) is 0.139. The Hall–Kier alpha value is -1.50. The molecule has 0 atom stereocenters. The molecule has 0 aliphatic carbocycles. The maximum Gasteiger partial charge on any atom is 0.263 e. The van der Waals surface area contributed by atoms with E-state index in [0.717, 1.165) is 6.07 Å². The summed E-state index contributed by atoms with van der Waals surface area (Å²) in [4.78, 5) is -0.123. The van der Waals surface area contributed by atoms with Gasteiger partial charge in [0.05, 0.1) is 16.4 Å². The number of nitrogens with two attached hydrogens (primary N) is 1. The van der Waals surface area contributed by atoms with Gasteiger partial charge in [0.15, 0.2) is 0 Å². The second-order valence-corrected chi connectivity index (χ2v) is 6.41. The van der Waals surface area contributed by atoms with Crippen molar-refractivity contribution < 1.29 is 12.8 Å². The third-order valence-electron chi connectivity index (χ3n) is 2.43. The molecule has 0 spiro atoms. The predicted molar refractivity (Wildman–Crippen MR) is 78.1 cm³/mol. The van der Waals surface area contributed by atoms with E-state index in [1.807, 2.05) is 0 Å². The van der Waals surface area contributed by atoms with Crippen molar-refractivity contribution in [3.63, 3.8) is 0 Å². The standard InChI is InChI=1S/C12H9Cl2FN2O2S/c13-7-1-4-12(11(16)5-7)20(18,19)17-8-2-3-10(15)9(14)6-8/h1-6,17H,16H2. The molecule has 0 fully saturated rings. The van der Waals surface area contributed by atoms with Crippen molar-refractivity contribution in [2.24, 2.45) is 0 Å². The first-order valence-electron chi connectivity index (χ1n) is 5.32. The minimum atomic E-state index is -3.91. The average Bonchev–Trinajstić information content (AvgIpc) is 2.33. The molecule has 0 heterocycles. The monoisotopic (exact) mass is 334 g/mol. The minimum Gasteiger partial charge on any atom is -0.398 e. The van der Waals surface area contributed by atoms with Gasteiger partial charge < -0.3 is 5.73 Å². The van der Waals surface area contributed by atoms with Gasteiger partial charge in [-0.25, -0.2) is 12.8 Å². The van der Waals surface area contributed by atoms with Crippen LogP contribution >= 0.6 is 23.2 Å². The molecule has 0 aliphatic heterocycles. The Bertz CT molecular complexity index is 766. The van der Waals surface area contributed by atoms with Gasteiger partial charge in [-0.05, 0) is 36.4 Å². The van der Waals surface area contributed by atoms with Crippen LogP contribution in [0.2, 0.25) is 10.0 Å². The SMILES string of the molecule is Nc1cc(Cl)ccc1S(=O)(=O)Nc1ccc(F)c(Cl)c1. The molecule has 0 aliphatic rings. The van der Waals surface area contributed by atoms with Crippen molar-refractivity contribution in [3.05, 3.63) is 52.3 Å². The van der Waals surface area contributed by atoms with E-state index in [1.54, 1.807) is 0 Å². The van der Waals surface area contributed by atoms with Gasteiger partial charge in [0.2, 0.25) is 0 Å². The van der Waals surface area contributed by atoms with E-state index in [1.165, 1.54) is 30.3 Å². The van der Waals surface area contributed by atoms with E-state index in [2.05, 4.69) is 4.72 Å². The summed E-state index contributed by atoms with van der Waals surface area (Å²) in [6.45, 7) is 0. The first kappa shape index (κ1) is 14.9. The second kappa shape index (κ2) is 5.47. The largest absolute Gasteiger partial charge is 0.398 e. The first-order chi connectivity index (χ1) is 9.29. The van der Waals surface area contributed by atoms with Crippen molar-refractivity contribution in [2.45, 2.75) is 4.90 Å². The van der Waals surface area contributed by atoms with Crippen LogP contribution in [-0.2, 0) is 10.0 Å². The van der Waals surface area contributed by atoms with Gasteiger partial charge in [-0.15, -0.1) is 0 Å². The van der Waals surface area contributed by atoms with Gasteiger partial charge in [-0.2, -0.15) is 0 Å². The summed E-state index contributed by atoms with van der Waals surface area (Å²) in [6.07, 6.45) is 0. The number of nitrogens with one attached hydrogen (secondary N) is 1. The van der Waals surface area contributed by atoms with Gasteiger partial charge >= 0.3 is 0 Å². The Labute approximate surface area is 125 Å². The van der Waals surface area contributed by atoms with Gasteiger partial charge in [0.25, 0.3) is 10.0 Å². The van der Waals surface area contributed by atoms with Crippen LogP contribution in [-0.4, -0.2) is 8.42 Å². The molecule has 0 amide bonds. The Morgan fingerprint density at radius 3 is 2.40 bits per heavy atom. The van der Waals surface area contributed by atoms with Gasteiger partial charge in [-0.1, -0.05) is 23.2 Å². The van der Waals surface area contributed by atoms with E-state index in [9.17, 15) is 12.8 Å². The molecule has 0 unspecified atom stereocenters. The Balaban J connectivity index is 2.38. The molecule has 4 nitrogen and oxygen atoms in total. The molecule has 0 saturated carbocycles. The molecule has 3 N–H and O–H groups in total. The number of anilines is 2. The van der Waals surface area contributed by atoms with Crippen molar-refractivity contribution in [1.82, 2.24) is 0 Å². The Morgan fingerprint density at radius 1 is 1.10 bits per heavy atom. The van der Waals surface area contributed by atoms with Crippen LogP contribution in [0.15, 0.2) is 41.3 Å². The van der Waals surface area contributed by atoms with E-state index < -0.39 is 15.8 Å². The lowest BCUT2D eigenvalue weighted by Crippen LogP contribution is -2.14. The third kappa shape index (κ3) is 3.15. The highest BCUT2D eigenvalue weighted by molar-refractivity contribution is 7.92. The summed E-state index contributed by atoms with van der Waals surface area (Å²) in [6, 6.07) is 7.50. The quantitative estimate of drug-likeness (QED) is 0.843. The van der Waals surface area contributed by atoms with Crippen molar-refractivity contribution in [2.75, 3.05) is 10.5 Å². The number of hydrogen-bond donors (Lipinski definition) is 2. The molecule has 0 saturated heterocycles. The van der Waals surface area contributed by atoms with Crippen molar-refractivity contribution in [3.8, 4) is 0 Å². The van der Waals surface area contributed by atoms with Crippen LogP contribution in [0.25, 0.3) is 0 Å². The summed E-state index contributed by atoms with van der Waals surface area (Å²) >= 11 is 11.3. The Kier molecular flexibility index (Phi) is 4.08. The first-order valence-corrected chi connectivity index (χ1v) is 7.56. The molecule has 0 aromatic heterocycles. The van der Waals surface area contributed by atoms with Crippen LogP contribution < -0.4 is 10.5 Å². The molecule has 2 rings (SSSR count). The van der Waals surface area contributed by atoms with Crippen LogP contribution in [0.3, 0.4) is 0 Å². The highest BCUT2D eigenvalue weighted by Crippen LogP contribution is 2.26. The summed E-state index contributed by atoms with van der Waals surface area (Å²) in [5.74, 6) is -0.638. The fraction of sp³-hybridized carbons (Fsp3) is 0. The summed E-state index contributed by atoms with van der Waals surface area (Å²) < 4.78 is 39.6. The molecule has 8 heteroatoms. The topological polar surface area (TPSA) is 72.2 Å². The van der Waals surface area contributed by atoms with E-state index in [0.29, 0.717) is 5.02 Å². The van der Waals surface area contributed by atoms with Crippen LogP contribution in [0, 0.1) is 5.82 Å². The van der Waals surface area contributed by atoms with Crippen LogP contribution in [0.1, 0.15) is 0 Å². The fourth-order valence-corrected chi connectivity index (χ4v) is 3.06. The smallest absolute Gasteiger partial charge is 0.263 e. The maximum absolute atomic E-state index is 13.0. The zero-order valence-electron chi connectivity index (χ0n) is 9.90. The number of halogens is 3. The molecular formula is C12H9Cl2FN2O2S. The fourth-order valence-electron chi connectivity index (χ4n) is 1.53. The number of hydrogen-bond acceptors (Lipinski definition) is 3. The minimum absolute atomic E-state index is 0.0122. The lowest BCUT2D eigenvalue weighted by atomic mass is 10.3. The molecule has 2 aromatic rings. The molecular weight excluding hydrogens is 326 g/mol. The Morgan fingerprint density at radius 2 is 1.80 bits per heavy atom. The normalized spacial score (nSPS) is 11.3. The lowest BCUT2D eigenvalue weighted by Gasteiger charge is -2.10. The van der Waals surface area contributed by atoms with E-state index in [-0.39, 0.29) is 21.3 Å². The number of nitrogen functional groups attached to an aromatic ring is 1. The van der Waals surface area contributed by atoms with E-state index in [4.69, 9.17) is 28.9 Å². The van der Waals surface area contributed by atoms with Crippen molar-refractivity contribution in [1.29, 1.82) is 0 Å². The zero-order chi connectivity index (χ0) is 14.9.